The Morgan fingerprint density at radius 3 is 1.96 bits per heavy atom. The Hall–Kier alpha value is -2.06. The van der Waals surface area contributed by atoms with Crippen LogP contribution in [0.1, 0.15) is 23.1 Å². The molecule has 1 saturated heterocycles. The summed E-state index contributed by atoms with van der Waals surface area (Å²) in [6.45, 7) is 0.884. The van der Waals surface area contributed by atoms with Crippen LogP contribution in [0.25, 0.3) is 0 Å². The standard InChI is InChI=1S/C20H22F3NO3S/c1-27-19-8-4-16(5-9-19)13-24(18-10-11-28(25,26)14-18)12-15-2-6-17(7-3-15)20(21,22)23/h2-9,18H,10-14H2,1H3. The number of nitrogens with zero attached hydrogens (tertiary/aromatic N) is 1. The van der Waals surface area contributed by atoms with Crippen molar-refractivity contribution in [1.82, 2.24) is 4.90 Å². The predicted octanol–water partition coefficient (Wildman–Crippen LogP) is 3.90. The maximum Gasteiger partial charge on any atom is 0.416 e. The Morgan fingerprint density at radius 1 is 1.00 bits per heavy atom. The highest BCUT2D eigenvalue weighted by Gasteiger charge is 2.33. The van der Waals surface area contributed by atoms with Crippen LogP contribution in [0.15, 0.2) is 48.5 Å². The number of sulfone groups is 1. The first kappa shape index (κ1) is 20.7. The van der Waals surface area contributed by atoms with Crippen molar-refractivity contribution in [3.05, 3.63) is 65.2 Å². The first-order valence-corrected chi connectivity index (χ1v) is 10.7. The molecule has 3 rings (SSSR count). The van der Waals surface area contributed by atoms with Gasteiger partial charge in [-0.3, -0.25) is 4.90 Å². The summed E-state index contributed by atoms with van der Waals surface area (Å²) in [6.07, 6.45) is -3.85. The van der Waals surface area contributed by atoms with Crippen LogP contribution in [0, 0.1) is 0 Å². The predicted molar refractivity (Wildman–Crippen MR) is 101 cm³/mol. The third kappa shape index (κ3) is 5.26. The van der Waals surface area contributed by atoms with Gasteiger partial charge in [-0.15, -0.1) is 0 Å². The zero-order valence-electron chi connectivity index (χ0n) is 15.4. The average Bonchev–Trinajstić information content (AvgIpc) is 3.01. The van der Waals surface area contributed by atoms with Gasteiger partial charge in [0.25, 0.3) is 0 Å². The number of hydrogen-bond donors (Lipinski definition) is 0. The Labute approximate surface area is 162 Å². The smallest absolute Gasteiger partial charge is 0.416 e. The van der Waals surface area contributed by atoms with Gasteiger partial charge in [0.05, 0.1) is 24.2 Å². The van der Waals surface area contributed by atoms with E-state index in [-0.39, 0.29) is 17.5 Å². The number of halogens is 3. The van der Waals surface area contributed by atoms with E-state index in [4.69, 9.17) is 4.74 Å². The molecule has 0 radical (unpaired) electrons. The fourth-order valence-corrected chi connectivity index (χ4v) is 5.14. The number of rotatable bonds is 6. The molecule has 1 atom stereocenters. The summed E-state index contributed by atoms with van der Waals surface area (Å²) in [5.74, 6) is 0.939. The molecule has 1 unspecified atom stereocenters. The van der Waals surface area contributed by atoms with Gasteiger partial charge in [-0.05, 0) is 41.8 Å². The fourth-order valence-electron chi connectivity index (χ4n) is 3.38. The van der Waals surface area contributed by atoms with Gasteiger partial charge in [0.1, 0.15) is 5.75 Å². The van der Waals surface area contributed by atoms with E-state index in [1.807, 2.05) is 29.2 Å². The van der Waals surface area contributed by atoms with Crippen molar-refractivity contribution in [3.63, 3.8) is 0 Å². The van der Waals surface area contributed by atoms with E-state index >= 15 is 0 Å². The lowest BCUT2D eigenvalue weighted by Crippen LogP contribution is -2.35. The van der Waals surface area contributed by atoms with Crippen molar-refractivity contribution >= 4 is 9.84 Å². The molecule has 2 aromatic carbocycles. The molecule has 2 aromatic rings. The lowest BCUT2D eigenvalue weighted by Gasteiger charge is -2.28. The molecule has 0 spiro atoms. The molecule has 0 aliphatic carbocycles. The molecule has 0 bridgehead atoms. The summed E-state index contributed by atoms with van der Waals surface area (Å²) in [4.78, 5) is 2.02. The monoisotopic (exact) mass is 413 g/mol. The van der Waals surface area contributed by atoms with E-state index in [1.165, 1.54) is 12.1 Å². The Balaban J connectivity index is 1.79. The zero-order valence-corrected chi connectivity index (χ0v) is 16.3. The molecular weight excluding hydrogens is 391 g/mol. The molecule has 1 heterocycles. The average molecular weight is 413 g/mol. The van der Waals surface area contributed by atoms with Gasteiger partial charge in [0, 0.05) is 19.1 Å². The van der Waals surface area contributed by atoms with E-state index in [0.717, 1.165) is 23.4 Å². The van der Waals surface area contributed by atoms with Crippen molar-refractivity contribution in [3.8, 4) is 5.75 Å². The van der Waals surface area contributed by atoms with Crippen LogP contribution in [0.4, 0.5) is 13.2 Å². The zero-order chi connectivity index (χ0) is 20.4. The summed E-state index contributed by atoms with van der Waals surface area (Å²) < 4.78 is 67.3. The lowest BCUT2D eigenvalue weighted by molar-refractivity contribution is -0.137. The first-order valence-electron chi connectivity index (χ1n) is 8.90. The van der Waals surface area contributed by atoms with Gasteiger partial charge in [-0.2, -0.15) is 13.2 Å². The fraction of sp³-hybridized carbons (Fsp3) is 0.400. The molecular formula is C20H22F3NO3S. The highest BCUT2D eigenvalue weighted by atomic mass is 32.2. The van der Waals surface area contributed by atoms with Crippen LogP contribution < -0.4 is 4.74 Å². The van der Waals surface area contributed by atoms with Gasteiger partial charge in [-0.25, -0.2) is 8.42 Å². The van der Waals surface area contributed by atoms with Crippen molar-refractivity contribution in [1.29, 1.82) is 0 Å². The van der Waals surface area contributed by atoms with Gasteiger partial charge < -0.3 is 4.74 Å². The topological polar surface area (TPSA) is 46.6 Å². The third-order valence-electron chi connectivity index (χ3n) is 4.94. The van der Waals surface area contributed by atoms with Crippen LogP contribution in [-0.2, 0) is 29.1 Å². The summed E-state index contributed by atoms with van der Waals surface area (Å²) in [7, 11) is -1.49. The van der Waals surface area contributed by atoms with Crippen LogP contribution >= 0.6 is 0 Å². The maximum absolute atomic E-state index is 12.8. The number of alkyl halides is 3. The minimum Gasteiger partial charge on any atom is -0.497 e. The van der Waals surface area contributed by atoms with Gasteiger partial charge in [-0.1, -0.05) is 24.3 Å². The van der Waals surface area contributed by atoms with Crippen molar-refractivity contribution in [2.75, 3.05) is 18.6 Å². The van der Waals surface area contributed by atoms with E-state index in [2.05, 4.69) is 0 Å². The quantitative estimate of drug-likeness (QED) is 0.721. The molecule has 0 amide bonds. The van der Waals surface area contributed by atoms with Crippen LogP contribution in [0.3, 0.4) is 0 Å². The molecule has 0 N–H and O–H groups in total. The molecule has 4 nitrogen and oxygen atoms in total. The highest BCUT2D eigenvalue weighted by molar-refractivity contribution is 7.91. The van der Waals surface area contributed by atoms with Gasteiger partial charge in [0.15, 0.2) is 9.84 Å². The normalized spacial score (nSPS) is 19.1. The van der Waals surface area contributed by atoms with Crippen molar-refractivity contribution in [2.45, 2.75) is 31.7 Å². The number of ether oxygens (including phenoxy) is 1. The second-order valence-corrected chi connectivity index (χ2v) is 9.23. The maximum atomic E-state index is 12.8. The van der Waals surface area contributed by atoms with Crippen LogP contribution in [0.5, 0.6) is 5.75 Å². The molecule has 1 aliphatic heterocycles. The van der Waals surface area contributed by atoms with E-state index in [0.29, 0.717) is 25.1 Å². The largest absolute Gasteiger partial charge is 0.497 e. The summed E-state index contributed by atoms with van der Waals surface area (Å²) >= 11 is 0. The third-order valence-corrected chi connectivity index (χ3v) is 6.69. The SMILES string of the molecule is COc1ccc(CN(Cc2ccc(C(F)(F)F)cc2)C2CCS(=O)(=O)C2)cc1. The van der Waals surface area contributed by atoms with Crippen molar-refractivity contribution in [2.24, 2.45) is 0 Å². The number of hydrogen-bond acceptors (Lipinski definition) is 4. The number of benzene rings is 2. The Morgan fingerprint density at radius 2 is 1.54 bits per heavy atom. The molecule has 1 aliphatic rings. The van der Waals surface area contributed by atoms with E-state index in [9.17, 15) is 21.6 Å². The molecule has 28 heavy (non-hydrogen) atoms. The molecule has 152 valence electrons. The molecule has 8 heteroatoms. The second-order valence-electron chi connectivity index (χ2n) is 7.00. The van der Waals surface area contributed by atoms with E-state index in [1.54, 1.807) is 7.11 Å². The summed E-state index contributed by atoms with van der Waals surface area (Å²) in [5.41, 5.74) is 1.00. The Kier molecular flexibility index (Phi) is 6.00. The lowest BCUT2D eigenvalue weighted by atomic mass is 10.1. The van der Waals surface area contributed by atoms with Crippen LogP contribution in [-0.4, -0.2) is 38.0 Å². The number of methoxy groups -OCH3 is 1. The summed E-state index contributed by atoms with van der Waals surface area (Å²) in [5, 5.41) is 0. The van der Waals surface area contributed by atoms with Crippen LogP contribution in [0.2, 0.25) is 0 Å². The Bertz CT molecular complexity index is 894. The highest BCUT2D eigenvalue weighted by Crippen LogP contribution is 2.30. The second kappa shape index (κ2) is 8.13. The van der Waals surface area contributed by atoms with Crippen molar-refractivity contribution < 1.29 is 26.3 Å². The van der Waals surface area contributed by atoms with Gasteiger partial charge in [0.2, 0.25) is 0 Å². The molecule has 0 saturated carbocycles. The first-order chi connectivity index (χ1) is 13.2. The summed E-state index contributed by atoms with van der Waals surface area (Å²) in [6, 6.07) is 12.3. The minimum absolute atomic E-state index is 0.0732. The minimum atomic E-state index is -4.37. The van der Waals surface area contributed by atoms with Gasteiger partial charge >= 0.3 is 6.18 Å². The molecule has 0 aromatic heterocycles. The molecule has 1 fully saturated rings. The van der Waals surface area contributed by atoms with E-state index < -0.39 is 21.6 Å².